The van der Waals surface area contributed by atoms with E-state index in [1.54, 1.807) is 0 Å². The SMILES string of the molecule is CCOc1cccc(CNc2ccc(Cl)cc2C)c1. The second kappa shape index (κ2) is 6.48. The second-order valence-electron chi connectivity index (χ2n) is 4.39. The Morgan fingerprint density at radius 2 is 2.00 bits per heavy atom. The van der Waals surface area contributed by atoms with Crippen molar-refractivity contribution in [3.8, 4) is 5.75 Å². The lowest BCUT2D eigenvalue weighted by Gasteiger charge is -2.11. The summed E-state index contributed by atoms with van der Waals surface area (Å²) in [5.74, 6) is 0.912. The van der Waals surface area contributed by atoms with Gasteiger partial charge in [0.05, 0.1) is 6.61 Å². The van der Waals surface area contributed by atoms with Gasteiger partial charge in [0.25, 0.3) is 0 Å². The maximum Gasteiger partial charge on any atom is 0.119 e. The third-order valence-corrected chi connectivity index (χ3v) is 3.12. The van der Waals surface area contributed by atoms with E-state index in [0.717, 1.165) is 28.6 Å². The summed E-state index contributed by atoms with van der Waals surface area (Å²) < 4.78 is 5.49. The van der Waals surface area contributed by atoms with Gasteiger partial charge in [-0.1, -0.05) is 23.7 Å². The normalized spacial score (nSPS) is 10.3. The quantitative estimate of drug-likeness (QED) is 0.857. The summed E-state index contributed by atoms with van der Waals surface area (Å²) in [6.45, 7) is 5.49. The van der Waals surface area contributed by atoms with Gasteiger partial charge in [-0.05, 0) is 55.3 Å². The van der Waals surface area contributed by atoms with Crippen LogP contribution in [-0.2, 0) is 6.54 Å². The molecule has 19 heavy (non-hydrogen) atoms. The number of anilines is 1. The Bertz CT molecular complexity index is 554. The van der Waals surface area contributed by atoms with E-state index >= 15 is 0 Å². The first kappa shape index (κ1) is 13.8. The van der Waals surface area contributed by atoms with Crippen molar-refractivity contribution in [2.45, 2.75) is 20.4 Å². The molecular weight excluding hydrogens is 258 g/mol. The maximum absolute atomic E-state index is 5.95. The van der Waals surface area contributed by atoms with E-state index in [1.165, 1.54) is 5.56 Å². The highest BCUT2D eigenvalue weighted by molar-refractivity contribution is 6.30. The molecule has 0 heterocycles. The first-order chi connectivity index (χ1) is 9.19. The molecule has 2 aromatic rings. The average Bonchev–Trinajstić information content (AvgIpc) is 2.38. The van der Waals surface area contributed by atoms with Crippen LogP contribution in [0.15, 0.2) is 42.5 Å². The van der Waals surface area contributed by atoms with Gasteiger partial charge in [-0.25, -0.2) is 0 Å². The molecule has 0 atom stereocenters. The van der Waals surface area contributed by atoms with Crippen LogP contribution in [0.2, 0.25) is 5.02 Å². The fourth-order valence-corrected chi connectivity index (χ4v) is 2.16. The maximum atomic E-state index is 5.95. The third kappa shape index (κ3) is 3.90. The van der Waals surface area contributed by atoms with Gasteiger partial charge < -0.3 is 10.1 Å². The highest BCUT2D eigenvalue weighted by Crippen LogP contribution is 2.21. The molecule has 2 aromatic carbocycles. The van der Waals surface area contributed by atoms with Gasteiger partial charge in [-0.3, -0.25) is 0 Å². The van der Waals surface area contributed by atoms with Crippen molar-refractivity contribution in [2.24, 2.45) is 0 Å². The van der Waals surface area contributed by atoms with E-state index in [0.29, 0.717) is 6.61 Å². The van der Waals surface area contributed by atoms with Crippen LogP contribution in [0.5, 0.6) is 5.75 Å². The zero-order chi connectivity index (χ0) is 13.7. The zero-order valence-corrected chi connectivity index (χ0v) is 12.0. The zero-order valence-electron chi connectivity index (χ0n) is 11.2. The lowest BCUT2D eigenvalue weighted by atomic mass is 10.1. The summed E-state index contributed by atoms with van der Waals surface area (Å²) in [5.41, 5.74) is 3.44. The number of ether oxygens (including phenoxy) is 1. The minimum absolute atomic E-state index is 0.688. The Morgan fingerprint density at radius 3 is 2.74 bits per heavy atom. The monoisotopic (exact) mass is 275 g/mol. The van der Waals surface area contributed by atoms with Crippen molar-refractivity contribution in [3.63, 3.8) is 0 Å². The van der Waals surface area contributed by atoms with Crippen molar-refractivity contribution in [3.05, 3.63) is 58.6 Å². The number of nitrogens with one attached hydrogen (secondary N) is 1. The van der Waals surface area contributed by atoms with Gasteiger partial charge >= 0.3 is 0 Å². The van der Waals surface area contributed by atoms with Crippen LogP contribution >= 0.6 is 11.6 Å². The summed E-state index contributed by atoms with van der Waals surface area (Å²) in [5, 5.41) is 4.18. The fourth-order valence-electron chi connectivity index (χ4n) is 1.93. The number of aryl methyl sites for hydroxylation is 1. The molecule has 0 saturated heterocycles. The van der Waals surface area contributed by atoms with Gasteiger partial charge in [0.15, 0.2) is 0 Å². The topological polar surface area (TPSA) is 21.3 Å². The smallest absolute Gasteiger partial charge is 0.119 e. The van der Waals surface area contributed by atoms with E-state index in [9.17, 15) is 0 Å². The van der Waals surface area contributed by atoms with Crippen LogP contribution in [0.1, 0.15) is 18.1 Å². The minimum Gasteiger partial charge on any atom is -0.494 e. The molecule has 3 heteroatoms. The van der Waals surface area contributed by atoms with E-state index in [-0.39, 0.29) is 0 Å². The Labute approximate surface area is 119 Å². The number of halogens is 1. The van der Waals surface area contributed by atoms with Crippen LogP contribution in [-0.4, -0.2) is 6.61 Å². The Hall–Kier alpha value is -1.67. The molecular formula is C16H18ClNO. The number of rotatable bonds is 5. The van der Waals surface area contributed by atoms with Crippen LogP contribution in [0.3, 0.4) is 0 Å². The van der Waals surface area contributed by atoms with Gasteiger partial charge in [0.1, 0.15) is 5.75 Å². The molecule has 0 unspecified atom stereocenters. The van der Waals surface area contributed by atoms with Crippen molar-refractivity contribution < 1.29 is 4.74 Å². The van der Waals surface area contributed by atoms with E-state index < -0.39 is 0 Å². The van der Waals surface area contributed by atoms with Gasteiger partial charge in [-0.2, -0.15) is 0 Å². The van der Waals surface area contributed by atoms with Crippen LogP contribution in [0.4, 0.5) is 5.69 Å². The standard InChI is InChI=1S/C16H18ClNO/c1-3-19-15-6-4-5-13(10-15)11-18-16-8-7-14(17)9-12(16)2/h4-10,18H,3,11H2,1-2H3. The van der Waals surface area contributed by atoms with E-state index in [2.05, 4.69) is 17.4 Å². The third-order valence-electron chi connectivity index (χ3n) is 2.88. The van der Waals surface area contributed by atoms with Crippen LogP contribution < -0.4 is 10.1 Å². The lowest BCUT2D eigenvalue weighted by molar-refractivity contribution is 0.340. The van der Waals surface area contributed by atoms with Crippen LogP contribution in [0, 0.1) is 6.92 Å². The van der Waals surface area contributed by atoms with E-state index in [1.807, 2.05) is 44.2 Å². The predicted octanol–water partition coefficient (Wildman–Crippen LogP) is 4.66. The summed E-state index contributed by atoms with van der Waals surface area (Å²) in [6.07, 6.45) is 0. The Kier molecular flexibility index (Phi) is 4.69. The van der Waals surface area contributed by atoms with Crippen molar-refractivity contribution in [2.75, 3.05) is 11.9 Å². The molecule has 0 saturated carbocycles. The molecule has 0 aliphatic rings. The summed E-state index contributed by atoms with van der Waals surface area (Å²) in [7, 11) is 0. The van der Waals surface area contributed by atoms with E-state index in [4.69, 9.17) is 16.3 Å². The molecule has 1 N–H and O–H groups in total. The predicted molar refractivity (Wildman–Crippen MR) is 81.1 cm³/mol. The van der Waals surface area contributed by atoms with Gasteiger partial charge in [-0.15, -0.1) is 0 Å². The molecule has 0 radical (unpaired) electrons. The molecule has 0 aliphatic carbocycles. The summed E-state index contributed by atoms with van der Waals surface area (Å²) >= 11 is 5.95. The minimum atomic E-state index is 0.688. The van der Waals surface area contributed by atoms with Crippen molar-refractivity contribution in [1.82, 2.24) is 0 Å². The van der Waals surface area contributed by atoms with Gasteiger partial charge in [0.2, 0.25) is 0 Å². The number of hydrogen-bond acceptors (Lipinski definition) is 2. The Morgan fingerprint density at radius 1 is 1.16 bits per heavy atom. The largest absolute Gasteiger partial charge is 0.494 e. The van der Waals surface area contributed by atoms with Crippen molar-refractivity contribution >= 4 is 17.3 Å². The summed E-state index contributed by atoms with van der Waals surface area (Å²) in [4.78, 5) is 0. The highest BCUT2D eigenvalue weighted by Gasteiger charge is 2.00. The molecule has 100 valence electrons. The molecule has 0 amide bonds. The molecule has 2 nitrogen and oxygen atoms in total. The first-order valence-corrected chi connectivity index (χ1v) is 6.78. The molecule has 0 aromatic heterocycles. The average molecular weight is 276 g/mol. The highest BCUT2D eigenvalue weighted by atomic mass is 35.5. The van der Waals surface area contributed by atoms with Crippen LogP contribution in [0.25, 0.3) is 0 Å². The number of hydrogen-bond donors (Lipinski definition) is 1. The number of benzene rings is 2. The van der Waals surface area contributed by atoms with Gasteiger partial charge in [0, 0.05) is 17.3 Å². The fraction of sp³-hybridized carbons (Fsp3) is 0.250. The lowest BCUT2D eigenvalue weighted by Crippen LogP contribution is -2.01. The first-order valence-electron chi connectivity index (χ1n) is 6.41. The molecule has 0 spiro atoms. The molecule has 0 bridgehead atoms. The van der Waals surface area contributed by atoms with Crippen molar-refractivity contribution in [1.29, 1.82) is 0 Å². The molecule has 0 aliphatic heterocycles. The second-order valence-corrected chi connectivity index (χ2v) is 4.83. The molecule has 2 rings (SSSR count). The summed E-state index contributed by atoms with van der Waals surface area (Å²) in [6, 6.07) is 14.0. The molecule has 0 fully saturated rings. The Balaban J connectivity index is 2.03.